The van der Waals surface area contributed by atoms with Crippen molar-refractivity contribution in [1.82, 2.24) is 15.4 Å². The number of hydrogen-bond donors (Lipinski definition) is 1. The Bertz CT molecular complexity index is 1040. The second-order valence-corrected chi connectivity index (χ2v) is 9.07. The standard InChI is InChI=1S/C23H28FN5OS/c1-7-29-20-10-19(24)17(9-18(20)14(2)11-23(29,5)6)12-25-28-21(30)13-31-22-26-15(3)8-16(4)27-22/h8-12H,7,13H2,1-6H3,(H,28,30)/b25-12-. The molecule has 2 heterocycles. The third kappa shape index (κ3) is 5.31. The number of allylic oxidation sites excluding steroid dienone is 1. The highest BCUT2D eigenvalue weighted by atomic mass is 32.2. The molecule has 1 N–H and O–H groups in total. The van der Waals surface area contributed by atoms with E-state index >= 15 is 0 Å². The molecular weight excluding hydrogens is 413 g/mol. The molecule has 0 spiro atoms. The number of benzene rings is 1. The molecule has 0 aliphatic carbocycles. The summed E-state index contributed by atoms with van der Waals surface area (Å²) in [5, 5.41) is 4.48. The van der Waals surface area contributed by atoms with Gasteiger partial charge in [-0.15, -0.1) is 0 Å². The first kappa shape index (κ1) is 22.9. The number of likely N-dealkylation sites (N-methyl/N-ethyl adjacent to an activating group) is 1. The van der Waals surface area contributed by atoms with E-state index in [1.807, 2.05) is 26.8 Å². The normalized spacial score (nSPS) is 15.1. The van der Waals surface area contributed by atoms with Crippen LogP contribution in [0.25, 0.3) is 5.57 Å². The highest BCUT2D eigenvalue weighted by Crippen LogP contribution is 2.39. The topological polar surface area (TPSA) is 70.5 Å². The van der Waals surface area contributed by atoms with Crippen molar-refractivity contribution in [3.05, 3.63) is 52.6 Å². The van der Waals surface area contributed by atoms with Gasteiger partial charge in [-0.25, -0.2) is 19.8 Å². The summed E-state index contributed by atoms with van der Waals surface area (Å²) >= 11 is 1.23. The molecule has 0 fully saturated rings. The Balaban J connectivity index is 1.69. The average Bonchev–Trinajstić information content (AvgIpc) is 2.66. The minimum atomic E-state index is -0.376. The maximum atomic E-state index is 14.8. The van der Waals surface area contributed by atoms with E-state index in [2.05, 4.69) is 52.2 Å². The lowest BCUT2D eigenvalue weighted by molar-refractivity contribution is -0.118. The molecule has 164 valence electrons. The van der Waals surface area contributed by atoms with Gasteiger partial charge in [0.25, 0.3) is 5.91 Å². The Labute approximate surface area is 187 Å². The lowest BCUT2D eigenvalue weighted by Crippen LogP contribution is -2.45. The van der Waals surface area contributed by atoms with Crippen LogP contribution in [-0.4, -0.2) is 39.9 Å². The number of thioether (sulfide) groups is 1. The number of fused-ring (bicyclic) bond motifs is 1. The van der Waals surface area contributed by atoms with Crippen molar-refractivity contribution in [1.29, 1.82) is 0 Å². The SMILES string of the molecule is CCN1c2cc(F)c(/C=N\NC(=O)CSc3nc(C)cc(C)n3)cc2C(C)=CC1(C)C. The number of hydrogen-bond acceptors (Lipinski definition) is 6. The monoisotopic (exact) mass is 441 g/mol. The van der Waals surface area contributed by atoms with Crippen molar-refractivity contribution in [3.8, 4) is 0 Å². The van der Waals surface area contributed by atoms with Crippen molar-refractivity contribution in [2.24, 2.45) is 5.10 Å². The Kier molecular flexibility index (Phi) is 6.79. The molecule has 2 aromatic rings. The number of aryl methyl sites for hydroxylation is 2. The number of nitrogens with one attached hydrogen (secondary N) is 1. The lowest BCUT2D eigenvalue weighted by Gasteiger charge is -2.42. The first-order valence-corrected chi connectivity index (χ1v) is 11.2. The van der Waals surface area contributed by atoms with Gasteiger partial charge in [-0.05, 0) is 65.3 Å². The van der Waals surface area contributed by atoms with E-state index in [1.54, 1.807) is 12.1 Å². The Morgan fingerprint density at radius 3 is 2.55 bits per heavy atom. The van der Waals surface area contributed by atoms with Gasteiger partial charge in [0, 0.05) is 34.7 Å². The van der Waals surface area contributed by atoms with Gasteiger partial charge in [-0.2, -0.15) is 5.10 Å². The summed E-state index contributed by atoms with van der Waals surface area (Å²) in [6.07, 6.45) is 3.53. The van der Waals surface area contributed by atoms with Gasteiger partial charge in [0.2, 0.25) is 0 Å². The highest BCUT2D eigenvalue weighted by molar-refractivity contribution is 7.99. The van der Waals surface area contributed by atoms with Gasteiger partial charge in [0.05, 0.1) is 17.5 Å². The molecule has 0 saturated heterocycles. The first-order valence-electron chi connectivity index (χ1n) is 10.2. The molecule has 1 aromatic heterocycles. The third-order valence-electron chi connectivity index (χ3n) is 5.10. The second kappa shape index (κ2) is 9.18. The van der Waals surface area contributed by atoms with Gasteiger partial charge in [-0.1, -0.05) is 17.8 Å². The zero-order valence-electron chi connectivity index (χ0n) is 18.8. The van der Waals surface area contributed by atoms with Crippen molar-refractivity contribution >= 4 is 35.1 Å². The van der Waals surface area contributed by atoms with Crippen molar-refractivity contribution in [2.45, 2.75) is 52.2 Å². The molecule has 1 aliphatic rings. The highest BCUT2D eigenvalue weighted by Gasteiger charge is 2.30. The number of carbonyl (C=O) groups excluding carboxylic acids is 1. The second-order valence-electron chi connectivity index (χ2n) is 8.13. The summed E-state index contributed by atoms with van der Waals surface area (Å²) in [7, 11) is 0. The largest absolute Gasteiger partial charge is 0.363 e. The minimum absolute atomic E-state index is 0.120. The number of rotatable bonds is 6. The van der Waals surface area contributed by atoms with Crippen LogP contribution in [0.4, 0.5) is 10.1 Å². The van der Waals surface area contributed by atoms with E-state index in [0.29, 0.717) is 10.7 Å². The zero-order valence-corrected chi connectivity index (χ0v) is 19.6. The van der Waals surface area contributed by atoms with Crippen molar-refractivity contribution in [2.75, 3.05) is 17.2 Å². The lowest BCUT2D eigenvalue weighted by atomic mass is 9.88. The predicted molar refractivity (Wildman–Crippen MR) is 125 cm³/mol. The minimum Gasteiger partial charge on any atom is -0.363 e. The molecule has 0 unspecified atom stereocenters. The van der Waals surface area contributed by atoms with Crippen LogP contribution in [-0.2, 0) is 4.79 Å². The molecule has 1 amide bonds. The molecule has 0 saturated carbocycles. The van der Waals surface area contributed by atoms with Crippen LogP contribution in [0.2, 0.25) is 0 Å². The summed E-state index contributed by atoms with van der Waals surface area (Å²) in [5.41, 5.74) is 7.23. The molecule has 6 nitrogen and oxygen atoms in total. The summed E-state index contributed by atoms with van der Waals surface area (Å²) in [6, 6.07) is 5.20. The van der Waals surface area contributed by atoms with E-state index in [1.165, 1.54) is 18.0 Å². The van der Waals surface area contributed by atoms with Crippen LogP contribution in [0.15, 0.2) is 34.5 Å². The maximum absolute atomic E-state index is 14.8. The van der Waals surface area contributed by atoms with Crippen LogP contribution in [0.3, 0.4) is 0 Å². The maximum Gasteiger partial charge on any atom is 0.250 e. The van der Waals surface area contributed by atoms with Gasteiger partial charge < -0.3 is 4.90 Å². The predicted octanol–water partition coefficient (Wildman–Crippen LogP) is 4.50. The zero-order chi connectivity index (χ0) is 22.8. The van der Waals surface area contributed by atoms with Gasteiger partial charge in [0.15, 0.2) is 5.16 Å². The molecule has 0 atom stereocenters. The quantitative estimate of drug-likeness (QED) is 0.309. The van der Waals surface area contributed by atoms with Crippen molar-refractivity contribution < 1.29 is 9.18 Å². The third-order valence-corrected chi connectivity index (χ3v) is 5.95. The molecule has 1 aromatic carbocycles. The van der Waals surface area contributed by atoms with Gasteiger partial charge in [-0.3, -0.25) is 4.79 Å². The molecule has 0 radical (unpaired) electrons. The van der Waals surface area contributed by atoms with Gasteiger partial charge in [0.1, 0.15) is 5.82 Å². The van der Waals surface area contributed by atoms with E-state index < -0.39 is 0 Å². The molecular formula is C23H28FN5OS. The number of hydrazone groups is 1. The summed E-state index contributed by atoms with van der Waals surface area (Å²) in [5.74, 6) is -0.564. The Hall–Kier alpha value is -2.74. The summed E-state index contributed by atoms with van der Waals surface area (Å²) in [4.78, 5) is 22.8. The molecule has 0 bridgehead atoms. The fraction of sp³-hybridized carbons (Fsp3) is 0.391. The van der Waals surface area contributed by atoms with Gasteiger partial charge >= 0.3 is 0 Å². The molecule has 3 rings (SSSR count). The van der Waals surface area contributed by atoms with Crippen LogP contribution < -0.4 is 10.3 Å². The number of nitrogens with zero attached hydrogens (tertiary/aromatic N) is 4. The fourth-order valence-electron chi connectivity index (χ4n) is 3.89. The Morgan fingerprint density at radius 2 is 1.90 bits per heavy atom. The molecule has 31 heavy (non-hydrogen) atoms. The fourth-order valence-corrected chi connectivity index (χ4v) is 4.63. The molecule has 1 aliphatic heterocycles. The van der Waals surface area contributed by atoms with Crippen LogP contribution >= 0.6 is 11.8 Å². The number of anilines is 1. The van der Waals surface area contributed by atoms with E-state index in [-0.39, 0.29) is 23.0 Å². The number of amides is 1. The first-order chi connectivity index (χ1) is 14.6. The van der Waals surface area contributed by atoms with E-state index in [4.69, 9.17) is 0 Å². The van der Waals surface area contributed by atoms with Crippen LogP contribution in [0.5, 0.6) is 0 Å². The smallest absolute Gasteiger partial charge is 0.250 e. The van der Waals surface area contributed by atoms with E-state index in [0.717, 1.165) is 34.8 Å². The van der Waals surface area contributed by atoms with Crippen LogP contribution in [0, 0.1) is 19.7 Å². The van der Waals surface area contributed by atoms with Crippen LogP contribution in [0.1, 0.15) is 50.2 Å². The summed E-state index contributed by atoms with van der Waals surface area (Å²) in [6.45, 7) is 12.9. The van der Waals surface area contributed by atoms with E-state index in [9.17, 15) is 9.18 Å². The average molecular weight is 442 g/mol. The molecule has 8 heteroatoms. The Morgan fingerprint density at radius 1 is 1.23 bits per heavy atom. The number of carbonyl (C=O) groups is 1. The number of halogens is 1. The summed E-state index contributed by atoms with van der Waals surface area (Å²) < 4.78 is 14.8. The van der Waals surface area contributed by atoms with Crippen molar-refractivity contribution in [3.63, 3.8) is 0 Å². The number of aromatic nitrogens is 2.